The van der Waals surface area contributed by atoms with Crippen LogP contribution in [0.5, 0.6) is 0 Å². The summed E-state index contributed by atoms with van der Waals surface area (Å²) in [6, 6.07) is -0.207. The summed E-state index contributed by atoms with van der Waals surface area (Å²) in [5.74, 6) is 3.10. The van der Waals surface area contributed by atoms with Crippen LogP contribution in [0.4, 0.5) is 0 Å². The van der Waals surface area contributed by atoms with E-state index in [2.05, 4.69) is 26.1 Å². The van der Waals surface area contributed by atoms with Crippen LogP contribution in [0, 0.1) is 35.0 Å². The molecule has 158 valence electrons. The SMILES string of the molecule is CC(C)C(NC(=O)C12CC3CC(CC(C3)C1)C2)C(=O)N1CCC(C(C)N)CC1. The van der Waals surface area contributed by atoms with E-state index in [0.29, 0.717) is 5.92 Å². The normalized spacial score (nSPS) is 37.2. The van der Waals surface area contributed by atoms with Crippen molar-refractivity contribution in [3.8, 4) is 0 Å². The molecular formula is C23H39N3O2. The number of hydrogen-bond acceptors (Lipinski definition) is 3. The van der Waals surface area contributed by atoms with E-state index in [1.54, 1.807) is 0 Å². The second-order valence-corrected chi connectivity index (χ2v) is 10.9. The van der Waals surface area contributed by atoms with Crippen LogP contribution >= 0.6 is 0 Å². The largest absolute Gasteiger partial charge is 0.344 e. The minimum Gasteiger partial charge on any atom is -0.344 e. The molecule has 5 fully saturated rings. The lowest BCUT2D eigenvalue weighted by Crippen LogP contribution is -2.59. The van der Waals surface area contributed by atoms with Crippen molar-refractivity contribution >= 4 is 11.8 Å². The molecule has 4 bridgehead atoms. The summed E-state index contributed by atoms with van der Waals surface area (Å²) >= 11 is 0. The highest BCUT2D eigenvalue weighted by Gasteiger charge is 2.55. The first-order valence-electron chi connectivity index (χ1n) is 11.6. The van der Waals surface area contributed by atoms with E-state index in [-0.39, 0.29) is 29.2 Å². The minimum absolute atomic E-state index is 0.108. The number of rotatable bonds is 5. The van der Waals surface area contributed by atoms with Crippen molar-refractivity contribution < 1.29 is 9.59 Å². The van der Waals surface area contributed by atoms with Gasteiger partial charge in [-0.05, 0) is 87.9 Å². The van der Waals surface area contributed by atoms with Crippen LogP contribution in [-0.4, -0.2) is 41.9 Å². The first-order valence-corrected chi connectivity index (χ1v) is 11.6. The van der Waals surface area contributed by atoms with E-state index >= 15 is 0 Å². The van der Waals surface area contributed by atoms with Gasteiger partial charge in [0.05, 0.1) is 0 Å². The molecule has 0 aromatic carbocycles. The van der Waals surface area contributed by atoms with Gasteiger partial charge in [-0.1, -0.05) is 13.8 Å². The average Bonchev–Trinajstić information content (AvgIpc) is 2.64. The molecule has 0 radical (unpaired) electrons. The van der Waals surface area contributed by atoms with Gasteiger partial charge in [0.15, 0.2) is 0 Å². The van der Waals surface area contributed by atoms with Crippen LogP contribution in [0.25, 0.3) is 0 Å². The number of piperidine rings is 1. The van der Waals surface area contributed by atoms with Crippen molar-refractivity contribution in [2.45, 2.75) is 84.2 Å². The molecule has 0 aromatic heterocycles. The van der Waals surface area contributed by atoms with Gasteiger partial charge in [-0.25, -0.2) is 0 Å². The van der Waals surface area contributed by atoms with Crippen LogP contribution in [0.2, 0.25) is 0 Å². The van der Waals surface area contributed by atoms with Crippen molar-refractivity contribution in [2.24, 2.45) is 40.7 Å². The lowest BCUT2D eigenvalue weighted by atomic mass is 9.49. The Labute approximate surface area is 170 Å². The molecule has 0 spiro atoms. The van der Waals surface area contributed by atoms with Gasteiger partial charge in [0.25, 0.3) is 0 Å². The number of hydrogen-bond donors (Lipinski definition) is 2. The Hall–Kier alpha value is -1.10. The molecule has 1 heterocycles. The molecule has 3 N–H and O–H groups in total. The van der Waals surface area contributed by atoms with Gasteiger partial charge in [-0.2, -0.15) is 0 Å². The van der Waals surface area contributed by atoms with Crippen molar-refractivity contribution in [1.29, 1.82) is 0 Å². The van der Waals surface area contributed by atoms with Gasteiger partial charge < -0.3 is 16.0 Å². The number of nitrogens with two attached hydrogens (primary N) is 1. The van der Waals surface area contributed by atoms with Crippen LogP contribution < -0.4 is 11.1 Å². The van der Waals surface area contributed by atoms with Crippen molar-refractivity contribution in [3.63, 3.8) is 0 Å². The number of carbonyl (C=O) groups is 2. The number of nitrogens with one attached hydrogen (secondary N) is 1. The third-order valence-electron chi connectivity index (χ3n) is 8.33. The summed E-state index contributed by atoms with van der Waals surface area (Å²) in [6.07, 6.45) is 9.06. The molecule has 4 aliphatic carbocycles. The Morgan fingerprint density at radius 3 is 1.89 bits per heavy atom. The van der Waals surface area contributed by atoms with E-state index in [1.807, 2.05) is 4.90 Å². The zero-order chi connectivity index (χ0) is 20.1. The Bertz CT molecular complexity index is 572. The Balaban J connectivity index is 1.41. The zero-order valence-corrected chi connectivity index (χ0v) is 18.0. The Morgan fingerprint density at radius 1 is 0.964 bits per heavy atom. The molecular weight excluding hydrogens is 350 g/mol. The Morgan fingerprint density at radius 2 is 1.46 bits per heavy atom. The fraction of sp³-hybridized carbons (Fsp3) is 0.913. The maximum Gasteiger partial charge on any atom is 0.245 e. The van der Waals surface area contributed by atoms with Crippen LogP contribution in [-0.2, 0) is 9.59 Å². The predicted molar refractivity (Wildman–Crippen MR) is 110 cm³/mol. The van der Waals surface area contributed by atoms with E-state index in [0.717, 1.165) is 62.9 Å². The Kier molecular flexibility index (Phi) is 5.49. The third-order valence-corrected chi connectivity index (χ3v) is 8.33. The minimum atomic E-state index is -0.396. The fourth-order valence-electron chi connectivity index (χ4n) is 7.04. The predicted octanol–water partition coefficient (Wildman–Crippen LogP) is 2.93. The van der Waals surface area contributed by atoms with E-state index in [1.165, 1.54) is 19.3 Å². The summed E-state index contributed by atoms with van der Waals surface area (Å²) in [5.41, 5.74) is 5.86. The average molecular weight is 390 g/mol. The maximum absolute atomic E-state index is 13.4. The molecule has 5 nitrogen and oxygen atoms in total. The van der Waals surface area contributed by atoms with Crippen LogP contribution in [0.1, 0.15) is 72.1 Å². The van der Waals surface area contributed by atoms with E-state index in [9.17, 15) is 9.59 Å². The molecule has 28 heavy (non-hydrogen) atoms. The van der Waals surface area contributed by atoms with E-state index < -0.39 is 6.04 Å². The zero-order valence-electron chi connectivity index (χ0n) is 18.0. The van der Waals surface area contributed by atoms with Crippen LogP contribution in [0.3, 0.4) is 0 Å². The van der Waals surface area contributed by atoms with Gasteiger partial charge in [0.2, 0.25) is 11.8 Å². The summed E-state index contributed by atoms with van der Waals surface area (Å²) in [4.78, 5) is 28.7. The highest BCUT2D eigenvalue weighted by atomic mass is 16.2. The second-order valence-electron chi connectivity index (χ2n) is 10.9. The quantitative estimate of drug-likeness (QED) is 0.759. The summed E-state index contributed by atoms with van der Waals surface area (Å²) in [5, 5.41) is 3.25. The molecule has 4 saturated carbocycles. The molecule has 5 aliphatic rings. The number of carbonyl (C=O) groups excluding carboxylic acids is 2. The van der Waals surface area contributed by atoms with Gasteiger partial charge in [-0.3, -0.25) is 9.59 Å². The molecule has 2 amide bonds. The van der Waals surface area contributed by atoms with E-state index in [4.69, 9.17) is 5.73 Å². The summed E-state index contributed by atoms with van der Waals surface area (Å²) in [6.45, 7) is 7.70. The topological polar surface area (TPSA) is 75.4 Å². The van der Waals surface area contributed by atoms with Gasteiger partial charge in [0.1, 0.15) is 6.04 Å². The fourth-order valence-corrected chi connectivity index (χ4v) is 7.04. The van der Waals surface area contributed by atoms with Gasteiger partial charge >= 0.3 is 0 Å². The highest BCUT2D eigenvalue weighted by molar-refractivity contribution is 5.90. The molecule has 1 aliphatic heterocycles. The molecule has 0 aromatic rings. The monoisotopic (exact) mass is 389 g/mol. The molecule has 5 rings (SSSR count). The molecule has 1 saturated heterocycles. The van der Waals surface area contributed by atoms with Gasteiger partial charge in [0, 0.05) is 24.5 Å². The van der Waals surface area contributed by atoms with Crippen LogP contribution in [0.15, 0.2) is 0 Å². The lowest BCUT2D eigenvalue weighted by molar-refractivity contribution is -0.151. The van der Waals surface area contributed by atoms with Crippen molar-refractivity contribution in [1.82, 2.24) is 10.2 Å². The second kappa shape index (κ2) is 7.62. The number of amides is 2. The molecule has 2 atom stereocenters. The summed E-state index contributed by atoms with van der Waals surface area (Å²) < 4.78 is 0. The lowest BCUT2D eigenvalue weighted by Gasteiger charge is -2.56. The first-order chi connectivity index (χ1) is 13.3. The highest BCUT2D eigenvalue weighted by Crippen LogP contribution is 2.60. The number of nitrogens with zero attached hydrogens (tertiary/aromatic N) is 1. The van der Waals surface area contributed by atoms with Gasteiger partial charge in [-0.15, -0.1) is 0 Å². The summed E-state index contributed by atoms with van der Waals surface area (Å²) in [7, 11) is 0. The molecule has 2 unspecified atom stereocenters. The van der Waals surface area contributed by atoms with Crippen molar-refractivity contribution in [3.05, 3.63) is 0 Å². The standard InChI is InChI=1S/C23H39N3O2/c1-14(2)20(21(27)26-6-4-19(5-7-26)15(3)24)25-22(28)23-11-16-8-17(12-23)10-18(9-16)13-23/h14-20H,4-13,24H2,1-3H3,(H,25,28). The molecule has 5 heteroatoms. The first kappa shape index (κ1) is 20.2. The maximum atomic E-state index is 13.4. The third kappa shape index (κ3) is 3.71. The van der Waals surface area contributed by atoms with Crippen molar-refractivity contribution in [2.75, 3.05) is 13.1 Å². The number of likely N-dealkylation sites (tertiary alicyclic amines) is 1. The smallest absolute Gasteiger partial charge is 0.245 e.